The van der Waals surface area contributed by atoms with Crippen molar-refractivity contribution in [1.29, 1.82) is 0 Å². The second-order valence-electron chi connectivity index (χ2n) is 6.93. The van der Waals surface area contributed by atoms with Gasteiger partial charge in [-0.15, -0.1) is 0 Å². The van der Waals surface area contributed by atoms with Gasteiger partial charge >= 0.3 is 0 Å². The van der Waals surface area contributed by atoms with Gasteiger partial charge in [0.2, 0.25) is 5.91 Å². The Hall–Kier alpha value is -3.25. The number of carbonyl (C=O) groups excluding carboxylic acids is 2. The van der Waals surface area contributed by atoms with Crippen LogP contribution in [0.5, 0.6) is 5.75 Å². The third kappa shape index (κ3) is 4.78. The van der Waals surface area contributed by atoms with E-state index in [1.54, 1.807) is 18.2 Å². The van der Waals surface area contributed by atoms with E-state index < -0.39 is 0 Å². The van der Waals surface area contributed by atoms with E-state index in [0.717, 1.165) is 5.56 Å². The Bertz CT molecular complexity index is 1020. The number of hydrogen-bond donors (Lipinski definition) is 2. The Morgan fingerprint density at radius 2 is 1.93 bits per heavy atom. The predicted molar refractivity (Wildman–Crippen MR) is 112 cm³/mol. The summed E-state index contributed by atoms with van der Waals surface area (Å²) in [7, 11) is 0. The minimum Gasteiger partial charge on any atom is -0.482 e. The van der Waals surface area contributed by atoms with Crippen molar-refractivity contribution in [2.75, 3.05) is 17.2 Å². The molecule has 1 aromatic heterocycles. The molecule has 7 heteroatoms. The fourth-order valence-corrected chi connectivity index (χ4v) is 3.48. The average molecular weight is 410 g/mol. The molecule has 1 aliphatic rings. The zero-order chi connectivity index (χ0) is 20.2. The average Bonchev–Trinajstić information content (AvgIpc) is 3.21. The first-order chi connectivity index (χ1) is 14.1. The van der Waals surface area contributed by atoms with Crippen molar-refractivity contribution in [2.24, 2.45) is 0 Å². The molecule has 0 saturated heterocycles. The van der Waals surface area contributed by atoms with Crippen LogP contribution in [0, 0.1) is 0 Å². The van der Waals surface area contributed by atoms with Crippen LogP contribution in [0.25, 0.3) is 0 Å². The lowest BCUT2D eigenvalue weighted by Crippen LogP contribution is -2.25. The molecule has 0 unspecified atom stereocenters. The Morgan fingerprint density at radius 3 is 2.69 bits per heavy atom. The van der Waals surface area contributed by atoms with Gasteiger partial charge in [-0.2, -0.15) is 0 Å². The van der Waals surface area contributed by atoms with Crippen molar-refractivity contribution in [2.45, 2.75) is 18.9 Å². The normalized spacial score (nSPS) is 13.8. The number of carbonyl (C=O) groups is 2. The first kappa shape index (κ1) is 19.1. The number of benzene rings is 2. The van der Waals surface area contributed by atoms with E-state index >= 15 is 0 Å². The van der Waals surface area contributed by atoms with Gasteiger partial charge in [0.1, 0.15) is 5.75 Å². The largest absolute Gasteiger partial charge is 0.482 e. The number of halogens is 1. The first-order valence-electron chi connectivity index (χ1n) is 9.29. The molecule has 1 atom stereocenters. The summed E-state index contributed by atoms with van der Waals surface area (Å²) in [5.74, 6) is 0.249. The van der Waals surface area contributed by atoms with E-state index in [9.17, 15) is 9.59 Å². The number of hydrogen-bond acceptors (Lipinski definition) is 3. The van der Waals surface area contributed by atoms with Gasteiger partial charge in [0.25, 0.3) is 5.91 Å². The maximum absolute atomic E-state index is 12.8. The van der Waals surface area contributed by atoms with Crippen molar-refractivity contribution < 1.29 is 14.3 Å². The van der Waals surface area contributed by atoms with Crippen molar-refractivity contribution >= 4 is 34.8 Å². The smallest absolute Gasteiger partial charge is 0.262 e. The molecule has 3 aromatic rings. The summed E-state index contributed by atoms with van der Waals surface area (Å²) in [4.78, 5) is 24.1. The minimum atomic E-state index is -0.190. The number of anilines is 2. The summed E-state index contributed by atoms with van der Waals surface area (Å²) in [5.41, 5.74) is 2.28. The van der Waals surface area contributed by atoms with Crippen LogP contribution in [-0.2, 0) is 16.1 Å². The van der Waals surface area contributed by atoms with Crippen LogP contribution in [0.3, 0.4) is 0 Å². The molecule has 0 saturated carbocycles. The number of nitrogens with one attached hydrogen (secondary N) is 2. The van der Waals surface area contributed by atoms with Crippen LogP contribution >= 0.6 is 11.6 Å². The van der Waals surface area contributed by atoms with E-state index in [1.165, 1.54) is 0 Å². The van der Waals surface area contributed by atoms with Crippen LogP contribution < -0.4 is 15.4 Å². The molecule has 2 N–H and O–H groups in total. The number of rotatable bonds is 6. The maximum atomic E-state index is 12.8. The van der Waals surface area contributed by atoms with Crippen LogP contribution in [0.4, 0.5) is 11.4 Å². The second-order valence-corrected chi connectivity index (χ2v) is 7.36. The van der Waals surface area contributed by atoms with Crippen LogP contribution in [0.15, 0.2) is 67.0 Å². The molecule has 0 fully saturated rings. The summed E-state index contributed by atoms with van der Waals surface area (Å²) in [6.07, 6.45) is 4.28. The number of ether oxygens (including phenoxy) is 1. The molecule has 2 heterocycles. The molecule has 0 aliphatic carbocycles. The summed E-state index contributed by atoms with van der Waals surface area (Å²) in [5, 5.41) is 6.33. The van der Waals surface area contributed by atoms with Crippen molar-refractivity contribution in [3.05, 3.63) is 77.6 Å². The highest BCUT2D eigenvalue weighted by atomic mass is 35.5. The van der Waals surface area contributed by atoms with Crippen LogP contribution in [0.2, 0.25) is 5.02 Å². The molecule has 148 valence electrons. The predicted octanol–water partition coefficient (Wildman–Crippen LogP) is 4.29. The van der Waals surface area contributed by atoms with Gasteiger partial charge in [0.15, 0.2) is 6.61 Å². The maximum Gasteiger partial charge on any atom is 0.262 e. The van der Waals surface area contributed by atoms with E-state index in [4.69, 9.17) is 16.3 Å². The lowest BCUT2D eigenvalue weighted by atomic mass is 9.95. The molecular weight excluding hydrogens is 390 g/mol. The molecule has 0 bridgehead atoms. The first-order valence-corrected chi connectivity index (χ1v) is 9.67. The summed E-state index contributed by atoms with van der Waals surface area (Å²) in [6.45, 7) is 0.654. The second kappa shape index (κ2) is 8.41. The molecule has 1 aliphatic heterocycles. The van der Waals surface area contributed by atoms with Gasteiger partial charge in [-0.05, 0) is 42.0 Å². The Labute approximate surface area is 173 Å². The van der Waals surface area contributed by atoms with E-state index in [1.807, 2.05) is 48.8 Å². The molecule has 6 nitrogen and oxygen atoms in total. The van der Waals surface area contributed by atoms with Gasteiger partial charge in [-0.1, -0.05) is 23.7 Å². The fourth-order valence-electron chi connectivity index (χ4n) is 3.36. The molecule has 2 amide bonds. The standard InChI is InChI=1S/C22H20ClN3O3/c23-17-5-3-15(4-6-17)16(13-26-9-1-2-10-26)11-21(27)24-18-7-8-19-20(12-18)29-14-22(28)25-19/h1-10,12,16H,11,13-14H2,(H,24,27)(H,25,28)/t16-/m0/s1. The summed E-state index contributed by atoms with van der Waals surface area (Å²) < 4.78 is 7.47. The quantitative estimate of drug-likeness (QED) is 0.638. The molecule has 0 spiro atoms. The van der Waals surface area contributed by atoms with E-state index in [2.05, 4.69) is 15.2 Å². The molecular formula is C22H20ClN3O3. The number of aromatic nitrogens is 1. The van der Waals surface area contributed by atoms with E-state index in [-0.39, 0.29) is 24.3 Å². The minimum absolute atomic E-state index is 0.00664. The number of amides is 2. The third-order valence-electron chi connectivity index (χ3n) is 4.77. The van der Waals surface area contributed by atoms with Gasteiger partial charge in [-0.25, -0.2) is 0 Å². The molecule has 2 aromatic carbocycles. The zero-order valence-corrected chi connectivity index (χ0v) is 16.4. The Kier molecular flexibility index (Phi) is 5.53. The highest BCUT2D eigenvalue weighted by Crippen LogP contribution is 2.31. The van der Waals surface area contributed by atoms with E-state index in [0.29, 0.717) is 35.1 Å². The van der Waals surface area contributed by atoms with Gasteiger partial charge < -0.3 is 19.9 Å². The molecule has 4 rings (SSSR count). The zero-order valence-electron chi connectivity index (χ0n) is 15.6. The lowest BCUT2D eigenvalue weighted by Gasteiger charge is -2.20. The van der Waals surface area contributed by atoms with Gasteiger partial charge in [0, 0.05) is 48.1 Å². The van der Waals surface area contributed by atoms with Crippen molar-refractivity contribution in [3.8, 4) is 5.75 Å². The highest BCUT2D eigenvalue weighted by Gasteiger charge is 2.19. The summed E-state index contributed by atoms with van der Waals surface area (Å²) >= 11 is 6.02. The Morgan fingerprint density at radius 1 is 1.17 bits per heavy atom. The topological polar surface area (TPSA) is 72.4 Å². The number of fused-ring (bicyclic) bond motifs is 1. The van der Waals surface area contributed by atoms with Gasteiger partial charge in [0.05, 0.1) is 5.69 Å². The van der Waals surface area contributed by atoms with Gasteiger partial charge in [-0.3, -0.25) is 9.59 Å². The third-order valence-corrected chi connectivity index (χ3v) is 5.02. The molecule has 29 heavy (non-hydrogen) atoms. The molecule has 0 radical (unpaired) electrons. The highest BCUT2D eigenvalue weighted by molar-refractivity contribution is 6.30. The number of nitrogens with zero attached hydrogens (tertiary/aromatic N) is 1. The van der Waals surface area contributed by atoms with Crippen LogP contribution in [-0.4, -0.2) is 23.0 Å². The fraction of sp³-hybridized carbons (Fsp3) is 0.182. The Balaban J connectivity index is 1.47. The van der Waals surface area contributed by atoms with Crippen LogP contribution in [0.1, 0.15) is 17.9 Å². The lowest BCUT2D eigenvalue weighted by molar-refractivity contribution is -0.119. The van der Waals surface area contributed by atoms with Crippen molar-refractivity contribution in [3.63, 3.8) is 0 Å². The van der Waals surface area contributed by atoms with Crippen molar-refractivity contribution in [1.82, 2.24) is 4.57 Å². The summed E-state index contributed by atoms with van der Waals surface area (Å²) in [6, 6.07) is 16.7. The SMILES string of the molecule is O=C(C[C@@H](Cn1cccc1)c1ccc(Cl)cc1)Nc1ccc2c(c1)OCC(=O)N2. The monoisotopic (exact) mass is 409 g/mol.